The van der Waals surface area contributed by atoms with Crippen LogP contribution in [0.1, 0.15) is 24.1 Å². The van der Waals surface area contributed by atoms with E-state index in [9.17, 15) is 18.9 Å². The number of nitrogens with zero attached hydrogens (tertiary/aromatic N) is 3. The van der Waals surface area contributed by atoms with Crippen molar-refractivity contribution in [3.8, 4) is 16.9 Å². The molecule has 1 atom stereocenters. The fourth-order valence-corrected chi connectivity index (χ4v) is 3.40. The molecule has 1 unspecified atom stereocenters. The molecule has 1 N–H and O–H groups in total. The van der Waals surface area contributed by atoms with Crippen molar-refractivity contribution in [3.63, 3.8) is 0 Å². The molecule has 4 rings (SSSR count). The lowest BCUT2D eigenvalue weighted by Gasteiger charge is -2.14. The Morgan fingerprint density at radius 1 is 1.03 bits per heavy atom. The van der Waals surface area contributed by atoms with Crippen LogP contribution in [0.4, 0.5) is 14.5 Å². The Morgan fingerprint density at radius 3 is 2.41 bits per heavy atom. The second-order valence-electron chi connectivity index (χ2n) is 7.36. The number of halogens is 2. The maximum atomic E-state index is 13.6. The van der Waals surface area contributed by atoms with E-state index >= 15 is 0 Å². The standard InChI is InChI=1S/C24H20F2N4O2/c1-16(18-9-12-22(25)23(26)13-18)27-14-19-15-29(20-5-3-2-4-6-20)28-24(19)17-7-10-21(11-8-17)30(31)32/h2-13,15-16,27H,14H2,1H3. The first-order valence-corrected chi connectivity index (χ1v) is 9.99. The fraction of sp³-hybridized carbons (Fsp3) is 0.125. The molecule has 0 aliphatic heterocycles. The zero-order chi connectivity index (χ0) is 22.7. The number of nitro groups is 1. The summed E-state index contributed by atoms with van der Waals surface area (Å²) < 4.78 is 28.6. The number of rotatable bonds is 7. The Bertz CT molecular complexity index is 1240. The number of para-hydroxylation sites is 1. The topological polar surface area (TPSA) is 73.0 Å². The summed E-state index contributed by atoms with van der Waals surface area (Å²) in [6.45, 7) is 2.26. The van der Waals surface area contributed by atoms with Crippen LogP contribution in [0.25, 0.3) is 16.9 Å². The van der Waals surface area contributed by atoms with Crippen LogP contribution in [0.3, 0.4) is 0 Å². The molecule has 1 aromatic heterocycles. The van der Waals surface area contributed by atoms with Crippen molar-refractivity contribution >= 4 is 5.69 Å². The largest absolute Gasteiger partial charge is 0.306 e. The monoisotopic (exact) mass is 434 g/mol. The van der Waals surface area contributed by atoms with Crippen LogP contribution in [0.2, 0.25) is 0 Å². The normalized spacial score (nSPS) is 12.0. The molecule has 0 saturated carbocycles. The molecular weight excluding hydrogens is 414 g/mol. The average molecular weight is 434 g/mol. The van der Waals surface area contributed by atoms with Crippen LogP contribution in [0.15, 0.2) is 79.0 Å². The van der Waals surface area contributed by atoms with E-state index in [0.29, 0.717) is 17.8 Å². The lowest BCUT2D eigenvalue weighted by Crippen LogP contribution is -2.18. The summed E-state index contributed by atoms with van der Waals surface area (Å²) in [5.74, 6) is -1.77. The van der Waals surface area contributed by atoms with Gasteiger partial charge in [-0.3, -0.25) is 10.1 Å². The molecule has 0 radical (unpaired) electrons. The van der Waals surface area contributed by atoms with Crippen LogP contribution in [-0.4, -0.2) is 14.7 Å². The summed E-state index contributed by atoms with van der Waals surface area (Å²) in [6.07, 6.45) is 1.89. The summed E-state index contributed by atoms with van der Waals surface area (Å²) >= 11 is 0. The van der Waals surface area contributed by atoms with Crippen molar-refractivity contribution in [3.05, 3.63) is 112 Å². The Balaban J connectivity index is 1.64. The van der Waals surface area contributed by atoms with Crippen LogP contribution < -0.4 is 5.32 Å². The van der Waals surface area contributed by atoms with Gasteiger partial charge in [-0.25, -0.2) is 13.5 Å². The molecule has 0 bridgehead atoms. The number of non-ortho nitro benzene ring substituents is 1. The molecule has 32 heavy (non-hydrogen) atoms. The fourth-order valence-electron chi connectivity index (χ4n) is 3.40. The third-order valence-corrected chi connectivity index (χ3v) is 5.20. The molecule has 6 nitrogen and oxygen atoms in total. The number of hydrogen-bond acceptors (Lipinski definition) is 4. The third kappa shape index (κ3) is 4.55. The molecule has 162 valence electrons. The van der Waals surface area contributed by atoms with Gasteiger partial charge in [-0.05, 0) is 48.9 Å². The van der Waals surface area contributed by atoms with Crippen molar-refractivity contribution in [2.24, 2.45) is 0 Å². The molecule has 3 aromatic carbocycles. The van der Waals surface area contributed by atoms with Gasteiger partial charge >= 0.3 is 0 Å². The van der Waals surface area contributed by atoms with Gasteiger partial charge in [0.25, 0.3) is 5.69 Å². The van der Waals surface area contributed by atoms with Crippen LogP contribution in [-0.2, 0) is 6.54 Å². The zero-order valence-corrected chi connectivity index (χ0v) is 17.2. The van der Waals surface area contributed by atoms with E-state index in [1.54, 1.807) is 22.9 Å². The molecule has 0 saturated heterocycles. The van der Waals surface area contributed by atoms with E-state index in [1.807, 2.05) is 43.5 Å². The highest BCUT2D eigenvalue weighted by atomic mass is 19.2. The van der Waals surface area contributed by atoms with Crippen LogP contribution in [0.5, 0.6) is 0 Å². The smallest absolute Gasteiger partial charge is 0.269 e. The first-order chi connectivity index (χ1) is 15.4. The van der Waals surface area contributed by atoms with Crippen molar-refractivity contribution in [2.75, 3.05) is 0 Å². The first kappa shape index (κ1) is 21.3. The number of hydrogen-bond donors (Lipinski definition) is 1. The van der Waals surface area contributed by atoms with E-state index in [-0.39, 0.29) is 11.7 Å². The molecule has 0 aliphatic carbocycles. The highest BCUT2D eigenvalue weighted by Crippen LogP contribution is 2.26. The van der Waals surface area contributed by atoms with Gasteiger partial charge in [0.15, 0.2) is 11.6 Å². The van der Waals surface area contributed by atoms with Gasteiger partial charge in [0.2, 0.25) is 0 Å². The molecule has 1 heterocycles. The van der Waals surface area contributed by atoms with E-state index in [1.165, 1.54) is 18.2 Å². The highest BCUT2D eigenvalue weighted by molar-refractivity contribution is 5.64. The predicted octanol–water partition coefficient (Wildman–Crippen LogP) is 5.58. The van der Waals surface area contributed by atoms with Gasteiger partial charge in [-0.1, -0.05) is 24.3 Å². The predicted molar refractivity (Wildman–Crippen MR) is 117 cm³/mol. The molecule has 0 spiro atoms. The van der Waals surface area contributed by atoms with Gasteiger partial charge in [0.05, 0.1) is 16.3 Å². The first-order valence-electron chi connectivity index (χ1n) is 9.99. The van der Waals surface area contributed by atoms with Gasteiger partial charge in [0, 0.05) is 42.0 Å². The summed E-state index contributed by atoms with van der Waals surface area (Å²) in [4.78, 5) is 10.5. The van der Waals surface area contributed by atoms with Crippen molar-refractivity contribution in [1.82, 2.24) is 15.1 Å². The van der Waals surface area contributed by atoms with Crippen LogP contribution in [0, 0.1) is 21.7 Å². The Labute approximate surface area is 183 Å². The third-order valence-electron chi connectivity index (χ3n) is 5.20. The zero-order valence-electron chi connectivity index (χ0n) is 17.2. The minimum atomic E-state index is -0.889. The van der Waals surface area contributed by atoms with E-state index in [4.69, 9.17) is 5.10 Å². The summed E-state index contributed by atoms with van der Waals surface area (Å²) in [7, 11) is 0. The summed E-state index contributed by atoms with van der Waals surface area (Å²) in [5, 5.41) is 19.0. The maximum Gasteiger partial charge on any atom is 0.269 e. The molecule has 0 amide bonds. The van der Waals surface area contributed by atoms with Gasteiger partial charge in [-0.15, -0.1) is 0 Å². The molecule has 0 aliphatic rings. The Kier molecular flexibility index (Phi) is 6.04. The number of benzene rings is 3. The van der Waals surface area contributed by atoms with Gasteiger partial charge < -0.3 is 5.32 Å². The molecular formula is C24H20F2N4O2. The Morgan fingerprint density at radius 2 is 1.75 bits per heavy atom. The van der Waals surface area contributed by atoms with Crippen LogP contribution >= 0.6 is 0 Å². The quantitative estimate of drug-likeness (QED) is 0.305. The SMILES string of the molecule is CC(NCc1cn(-c2ccccc2)nc1-c1ccc([N+](=O)[O-])cc1)c1ccc(F)c(F)c1. The number of aromatic nitrogens is 2. The number of nitrogens with one attached hydrogen (secondary N) is 1. The summed E-state index contributed by atoms with van der Waals surface area (Å²) in [6, 6.07) is 19.4. The minimum absolute atomic E-state index is 0.00266. The minimum Gasteiger partial charge on any atom is -0.306 e. The second-order valence-corrected chi connectivity index (χ2v) is 7.36. The van der Waals surface area contributed by atoms with Crippen molar-refractivity contribution < 1.29 is 13.7 Å². The lowest BCUT2D eigenvalue weighted by atomic mass is 10.1. The molecule has 8 heteroatoms. The summed E-state index contributed by atoms with van der Waals surface area (Å²) in [5.41, 5.74) is 3.77. The van der Waals surface area contributed by atoms with E-state index in [2.05, 4.69) is 5.32 Å². The number of nitro benzene ring substituents is 1. The van der Waals surface area contributed by atoms with Gasteiger partial charge in [-0.2, -0.15) is 5.10 Å². The lowest BCUT2D eigenvalue weighted by molar-refractivity contribution is -0.384. The Hall–Kier alpha value is -3.91. The van der Waals surface area contributed by atoms with Crippen molar-refractivity contribution in [1.29, 1.82) is 0 Å². The van der Waals surface area contributed by atoms with Gasteiger partial charge in [0.1, 0.15) is 0 Å². The highest BCUT2D eigenvalue weighted by Gasteiger charge is 2.16. The maximum absolute atomic E-state index is 13.6. The second kappa shape index (κ2) is 9.07. The van der Waals surface area contributed by atoms with E-state index in [0.717, 1.165) is 22.9 Å². The average Bonchev–Trinajstić information content (AvgIpc) is 3.24. The van der Waals surface area contributed by atoms with Crippen molar-refractivity contribution in [2.45, 2.75) is 19.5 Å². The molecule has 0 fully saturated rings. The molecule has 4 aromatic rings. The van der Waals surface area contributed by atoms with E-state index < -0.39 is 16.6 Å².